The van der Waals surface area contributed by atoms with Crippen LogP contribution >= 0.6 is 0 Å². The Bertz CT molecular complexity index is 1410. The zero-order chi connectivity index (χ0) is 23.2. The molecule has 34 heavy (non-hydrogen) atoms. The number of carbonyl (C=O) groups excluding carboxylic acids is 1. The number of halogens is 1. The van der Waals surface area contributed by atoms with Gasteiger partial charge in [-0.1, -0.05) is 6.92 Å². The molecule has 6 rings (SSSR count). The summed E-state index contributed by atoms with van der Waals surface area (Å²) in [5, 5.41) is 7.90. The molecule has 1 N–H and O–H groups in total. The Kier molecular flexibility index (Phi) is 4.68. The number of aromatic nitrogens is 6. The fourth-order valence-corrected chi connectivity index (χ4v) is 4.34. The number of ether oxygens (including phenoxy) is 1. The summed E-state index contributed by atoms with van der Waals surface area (Å²) in [6.07, 6.45) is 8.56. The molecular weight excluding hydrogens is 441 g/mol. The summed E-state index contributed by atoms with van der Waals surface area (Å²) in [6, 6.07) is 3.79. The molecule has 0 aliphatic carbocycles. The van der Waals surface area contributed by atoms with Crippen LogP contribution in [-0.4, -0.2) is 47.5 Å². The number of carbonyl (C=O) groups is 1. The molecule has 10 nitrogen and oxygen atoms in total. The first-order valence-corrected chi connectivity index (χ1v) is 10.7. The lowest BCUT2D eigenvalue weighted by molar-refractivity contribution is 0.0609. The zero-order valence-electron chi connectivity index (χ0n) is 18.0. The van der Waals surface area contributed by atoms with Gasteiger partial charge >= 0.3 is 11.8 Å². The van der Waals surface area contributed by atoms with Gasteiger partial charge in [0.15, 0.2) is 0 Å². The normalized spacial score (nSPS) is 19.1. The summed E-state index contributed by atoms with van der Waals surface area (Å²) in [5.74, 6) is 0.0988. The average molecular weight is 459 g/mol. The van der Waals surface area contributed by atoms with Crippen molar-refractivity contribution < 1.29 is 18.3 Å². The van der Waals surface area contributed by atoms with E-state index in [1.165, 1.54) is 30.7 Å². The first-order chi connectivity index (χ1) is 16.6. The van der Waals surface area contributed by atoms with E-state index in [0.717, 1.165) is 11.3 Å². The summed E-state index contributed by atoms with van der Waals surface area (Å²) in [4.78, 5) is 30.9. The van der Waals surface area contributed by atoms with Gasteiger partial charge in [0.25, 0.3) is 5.89 Å². The molecule has 0 unspecified atom stereocenters. The van der Waals surface area contributed by atoms with Gasteiger partial charge in [-0.25, -0.2) is 14.4 Å². The van der Waals surface area contributed by atoms with Gasteiger partial charge in [0.2, 0.25) is 0 Å². The number of hydrogen-bond acceptors (Lipinski definition) is 8. The summed E-state index contributed by atoms with van der Waals surface area (Å²) in [6.45, 7) is 2.33. The van der Waals surface area contributed by atoms with E-state index in [-0.39, 0.29) is 23.5 Å². The average Bonchev–Trinajstić information content (AvgIpc) is 3.54. The molecule has 5 heterocycles. The largest absolute Gasteiger partial charge is 0.459 e. The fraction of sp³-hybridized carbons (Fsp3) is 0.217. The van der Waals surface area contributed by atoms with E-state index in [1.807, 2.05) is 13.0 Å². The van der Waals surface area contributed by atoms with E-state index in [9.17, 15) is 9.18 Å². The van der Waals surface area contributed by atoms with Crippen LogP contribution in [0.3, 0.4) is 0 Å². The third kappa shape index (κ3) is 3.33. The minimum absolute atomic E-state index is 0.100. The van der Waals surface area contributed by atoms with Crippen molar-refractivity contribution in [3.63, 3.8) is 0 Å². The van der Waals surface area contributed by atoms with E-state index in [4.69, 9.17) is 9.15 Å². The Morgan fingerprint density at radius 1 is 1.24 bits per heavy atom. The smallest absolute Gasteiger partial charge is 0.312 e. The van der Waals surface area contributed by atoms with Gasteiger partial charge in [-0.2, -0.15) is 0 Å². The van der Waals surface area contributed by atoms with Crippen LogP contribution in [-0.2, 0) is 6.42 Å². The number of aromatic amines is 1. The van der Waals surface area contributed by atoms with Gasteiger partial charge in [0.1, 0.15) is 29.1 Å². The maximum absolute atomic E-state index is 13.8. The standard InChI is InChI=1S/C23H18FN7O3/c1-12-8-18(33-17-3-2-13(24)9-14(12)17)20-19-15(27-11-28-19)4-7-31(20)23(32)22-30-29-21(34-22)16-10-25-5-6-26-16/h2-3,5-6,8-12,20H,4,7H2,1H3,(H,27,28)/t12-,20-/m1/s1. The molecule has 0 spiro atoms. The predicted molar refractivity (Wildman–Crippen MR) is 115 cm³/mol. The van der Waals surface area contributed by atoms with E-state index in [2.05, 4.69) is 30.1 Å². The van der Waals surface area contributed by atoms with Crippen molar-refractivity contribution in [2.24, 2.45) is 0 Å². The molecular formula is C23H18FN7O3. The fourth-order valence-electron chi connectivity index (χ4n) is 4.34. The van der Waals surface area contributed by atoms with Crippen LogP contribution in [0.2, 0.25) is 0 Å². The van der Waals surface area contributed by atoms with Gasteiger partial charge in [-0.15, -0.1) is 10.2 Å². The summed E-state index contributed by atoms with van der Waals surface area (Å²) in [5.41, 5.74) is 2.71. The third-order valence-electron chi connectivity index (χ3n) is 5.95. The topological polar surface area (TPSA) is 123 Å². The van der Waals surface area contributed by atoms with E-state index in [1.54, 1.807) is 17.3 Å². The molecule has 170 valence electrons. The molecule has 3 aromatic heterocycles. The number of rotatable bonds is 3. The highest BCUT2D eigenvalue weighted by molar-refractivity contribution is 5.90. The molecule has 0 fully saturated rings. The summed E-state index contributed by atoms with van der Waals surface area (Å²) < 4.78 is 25.6. The summed E-state index contributed by atoms with van der Waals surface area (Å²) in [7, 11) is 0. The highest BCUT2D eigenvalue weighted by Gasteiger charge is 2.40. The number of nitrogens with zero attached hydrogens (tertiary/aromatic N) is 6. The highest BCUT2D eigenvalue weighted by Crippen LogP contribution is 2.42. The van der Waals surface area contributed by atoms with Crippen molar-refractivity contribution in [2.75, 3.05) is 6.54 Å². The number of nitrogens with one attached hydrogen (secondary N) is 1. The first-order valence-electron chi connectivity index (χ1n) is 10.7. The van der Waals surface area contributed by atoms with Crippen LogP contribution in [0.1, 0.15) is 46.5 Å². The lowest BCUT2D eigenvalue weighted by Crippen LogP contribution is -2.42. The second kappa shape index (κ2) is 7.87. The van der Waals surface area contributed by atoms with Crippen LogP contribution in [0.4, 0.5) is 4.39 Å². The van der Waals surface area contributed by atoms with Crippen LogP contribution in [0.15, 0.2) is 59.4 Å². The zero-order valence-corrected chi connectivity index (χ0v) is 18.0. The van der Waals surface area contributed by atoms with E-state index < -0.39 is 11.9 Å². The summed E-state index contributed by atoms with van der Waals surface area (Å²) >= 11 is 0. The highest BCUT2D eigenvalue weighted by atomic mass is 19.1. The van der Waals surface area contributed by atoms with Crippen LogP contribution in [0.5, 0.6) is 5.75 Å². The van der Waals surface area contributed by atoms with Crippen LogP contribution in [0.25, 0.3) is 11.6 Å². The van der Waals surface area contributed by atoms with Gasteiger partial charge in [0.05, 0.1) is 18.2 Å². The second-order valence-corrected chi connectivity index (χ2v) is 8.06. The molecule has 1 amide bonds. The van der Waals surface area contributed by atoms with Crippen molar-refractivity contribution in [1.82, 2.24) is 35.0 Å². The molecule has 2 atom stereocenters. The molecule has 0 saturated heterocycles. The van der Waals surface area contributed by atoms with Crippen LogP contribution in [0, 0.1) is 5.82 Å². The molecule has 0 radical (unpaired) electrons. The van der Waals surface area contributed by atoms with Crippen molar-refractivity contribution in [1.29, 1.82) is 0 Å². The van der Waals surface area contributed by atoms with Gasteiger partial charge in [-0.05, 0) is 24.3 Å². The molecule has 2 aliphatic heterocycles. The van der Waals surface area contributed by atoms with Crippen molar-refractivity contribution in [3.8, 4) is 17.3 Å². The minimum Gasteiger partial charge on any atom is -0.459 e. The molecule has 4 aromatic rings. The predicted octanol–water partition coefficient (Wildman–Crippen LogP) is 3.21. The monoisotopic (exact) mass is 459 g/mol. The maximum atomic E-state index is 13.8. The first kappa shape index (κ1) is 20.2. The number of H-pyrrole nitrogens is 1. The number of allylic oxidation sites excluding steroid dienone is 1. The lowest BCUT2D eigenvalue weighted by Gasteiger charge is -2.37. The Morgan fingerprint density at radius 2 is 2.15 bits per heavy atom. The number of imidazole rings is 1. The number of benzene rings is 1. The quantitative estimate of drug-likeness (QED) is 0.495. The Morgan fingerprint density at radius 3 is 3.00 bits per heavy atom. The lowest BCUT2D eigenvalue weighted by atomic mass is 9.92. The molecule has 0 bridgehead atoms. The van der Waals surface area contributed by atoms with Gasteiger partial charge in [-0.3, -0.25) is 9.78 Å². The van der Waals surface area contributed by atoms with E-state index >= 15 is 0 Å². The third-order valence-corrected chi connectivity index (χ3v) is 5.95. The molecule has 11 heteroatoms. The Balaban J connectivity index is 1.37. The van der Waals surface area contributed by atoms with Crippen molar-refractivity contribution >= 4 is 5.91 Å². The van der Waals surface area contributed by atoms with Gasteiger partial charge in [0, 0.05) is 42.5 Å². The molecule has 1 aromatic carbocycles. The molecule has 2 aliphatic rings. The van der Waals surface area contributed by atoms with Gasteiger partial charge < -0.3 is 19.0 Å². The maximum Gasteiger partial charge on any atom is 0.312 e. The molecule has 0 saturated carbocycles. The van der Waals surface area contributed by atoms with Crippen molar-refractivity contribution in [2.45, 2.75) is 25.3 Å². The van der Waals surface area contributed by atoms with E-state index in [0.29, 0.717) is 35.9 Å². The SMILES string of the molecule is C[C@@H]1C=C([C@@H]2c3nc[nH]c3CCN2C(=O)c2nnc(-c3cnccn3)o2)Oc2ccc(F)cc21. The second-order valence-electron chi connectivity index (χ2n) is 8.06. The van der Waals surface area contributed by atoms with Crippen molar-refractivity contribution in [3.05, 3.63) is 83.6 Å². The minimum atomic E-state index is -0.616. The Labute approximate surface area is 192 Å². The number of fused-ring (bicyclic) bond motifs is 2. The number of hydrogen-bond donors (Lipinski definition) is 1. The Hall–Kier alpha value is -4.41. The number of amides is 1. The van der Waals surface area contributed by atoms with Crippen LogP contribution < -0.4 is 4.74 Å².